The van der Waals surface area contributed by atoms with Crippen molar-refractivity contribution in [2.75, 3.05) is 23.7 Å². The van der Waals surface area contributed by atoms with Gasteiger partial charge >= 0.3 is 5.97 Å². The fourth-order valence-electron chi connectivity index (χ4n) is 4.85. The Bertz CT molecular complexity index is 1810. The second-order valence-corrected chi connectivity index (χ2v) is 14.1. The maximum absolute atomic E-state index is 13.5. The van der Waals surface area contributed by atoms with Crippen LogP contribution < -0.4 is 9.62 Å². The van der Waals surface area contributed by atoms with Crippen LogP contribution in [0, 0.1) is 0 Å². The van der Waals surface area contributed by atoms with Crippen LogP contribution in [-0.2, 0) is 31.4 Å². The van der Waals surface area contributed by atoms with Crippen molar-refractivity contribution in [2.24, 2.45) is 0 Å². The number of benzene rings is 3. The van der Waals surface area contributed by atoms with Gasteiger partial charge in [-0.25, -0.2) is 16.8 Å². The summed E-state index contributed by atoms with van der Waals surface area (Å²) in [7, 11) is -4.09. The summed E-state index contributed by atoms with van der Waals surface area (Å²) in [6.45, 7) is 1.63. The molecule has 0 spiro atoms. The number of nitrogens with zero attached hydrogens (tertiary/aromatic N) is 2. The average molecular weight is 586 g/mol. The number of anilines is 2. The lowest BCUT2D eigenvalue weighted by atomic mass is 10.1. The Labute approximate surface area is 231 Å². The molecule has 0 fully saturated rings. The summed E-state index contributed by atoms with van der Waals surface area (Å²) < 4.78 is 56.8. The molecule has 1 unspecified atom stereocenters. The number of hydrogen-bond acceptors (Lipinski definition) is 7. The minimum atomic E-state index is -3.95. The average Bonchev–Trinajstić information content (AvgIpc) is 3.41. The van der Waals surface area contributed by atoms with Gasteiger partial charge in [0.25, 0.3) is 10.0 Å². The van der Waals surface area contributed by atoms with E-state index in [1.165, 1.54) is 17.4 Å². The highest BCUT2D eigenvalue weighted by Gasteiger charge is 2.43. The third kappa shape index (κ3) is 4.78. The quantitative estimate of drug-likeness (QED) is 0.304. The molecule has 0 saturated carbocycles. The maximum Gasteiger partial charge on any atom is 0.322 e. The van der Waals surface area contributed by atoms with Crippen molar-refractivity contribution in [3.63, 3.8) is 0 Å². The number of hydrogen-bond donors (Lipinski definition) is 2. The molecule has 204 valence electrons. The predicted octanol–water partition coefficient (Wildman–Crippen LogP) is 4.80. The molecule has 1 aliphatic heterocycles. The lowest BCUT2D eigenvalue weighted by Crippen LogP contribution is -2.40. The van der Waals surface area contributed by atoms with Crippen LogP contribution in [-0.4, -0.2) is 52.4 Å². The number of nitrogens with one attached hydrogen (secondary N) is 1. The molecule has 12 heteroatoms. The van der Waals surface area contributed by atoms with Gasteiger partial charge in [-0.1, -0.05) is 43.3 Å². The lowest BCUT2D eigenvalue weighted by molar-refractivity contribution is -0.141. The van der Waals surface area contributed by atoms with Crippen molar-refractivity contribution in [3.8, 4) is 10.4 Å². The van der Waals surface area contributed by atoms with Crippen LogP contribution in [0.1, 0.15) is 18.2 Å². The number of carboxylic acid groups (broad SMARTS) is 1. The summed E-state index contributed by atoms with van der Waals surface area (Å²) in [5.41, 5.74) is 1.89. The molecule has 0 radical (unpaired) electrons. The van der Waals surface area contributed by atoms with E-state index in [1.54, 1.807) is 49.4 Å². The Kier molecular flexibility index (Phi) is 6.91. The first-order valence-electron chi connectivity index (χ1n) is 12.1. The van der Waals surface area contributed by atoms with Crippen LogP contribution in [0.4, 0.5) is 11.4 Å². The standard InChI is InChI=1S/C27H27N3O6S3/c1-4-21(27(31)32)30-16-24-26(39(30,35)36)15-23(37-24)17-8-5-9-18(14-17)28-38(33,34)25-13-7-10-19-20(25)11-6-12-22(19)29(2)3/h5-15,21,28H,4,16H2,1-3H3,(H,31,32). The Balaban J connectivity index is 1.46. The number of sulfonamides is 2. The molecule has 2 N–H and O–H groups in total. The lowest BCUT2D eigenvalue weighted by Gasteiger charge is -2.21. The Morgan fingerprint density at radius 1 is 1.08 bits per heavy atom. The largest absolute Gasteiger partial charge is 0.480 e. The van der Waals surface area contributed by atoms with Crippen molar-refractivity contribution < 1.29 is 26.7 Å². The van der Waals surface area contributed by atoms with Crippen LogP contribution in [0.25, 0.3) is 21.2 Å². The molecule has 4 aromatic rings. The Morgan fingerprint density at radius 2 is 1.77 bits per heavy atom. The monoisotopic (exact) mass is 585 g/mol. The van der Waals surface area contributed by atoms with Crippen LogP contribution in [0.2, 0.25) is 0 Å². The molecule has 3 aromatic carbocycles. The van der Waals surface area contributed by atoms with Crippen molar-refractivity contribution >= 4 is 59.5 Å². The van der Waals surface area contributed by atoms with Crippen molar-refractivity contribution in [1.29, 1.82) is 0 Å². The topological polar surface area (TPSA) is 124 Å². The fourth-order valence-corrected chi connectivity index (χ4v) is 9.51. The van der Waals surface area contributed by atoms with Gasteiger partial charge in [0.1, 0.15) is 6.04 Å². The highest BCUT2D eigenvalue weighted by Crippen LogP contribution is 2.42. The van der Waals surface area contributed by atoms with Gasteiger partial charge in [-0.2, -0.15) is 4.31 Å². The predicted molar refractivity (Wildman–Crippen MR) is 153 cm³/mol. The van der Waals surface area contributed by atoms with E-state index in [9.17, 15) is 26.7 Å². The second-order valence-electron chi connectivity index (χ2n) is 9.42. The zero-order valence-corrected chi connectivity index (χ0v) is 23.9. The van der Waals surface area contributed by atoms with Crippen molar-refractivity contribution in [2.45, 2.75) is 35.7 Å². The molecule has 0 amide bonds. The summed E-state index contributed by atoms with van der Waals surface area (Å²) >= 11 is 1.25. The normalized spacial score (nSPS) is 15.7. The van der Waals surface area contributed by atoms with E-state index in [1.807, 2.05) is 37.2 Å². The zero-order valence-electron chi connectivity index (χ0n) is 21.5. The summed E-state index contributed by atoms with van der Waals surface area (Å²) in [4.78, 5) is 15.0. The highest BCUT2D eigenvalue weighted by molar-refractivity contribution is 7.93. The van der Waals surface area contributed by atoms with Gasteiger partial charge in [0, 0.05) is 46.0 Å². The molecule has 5 rings (SSSR count). The van der Waals surface area contributed by atoms with E-state index in [0.717, 1.165) is 15.4 Å². The molecule has 1 aromatic heterocycles. The van der Waals surface area contributed by atoms with Crippen LogP contribution in [0.15, 0.2) is 76.5 Å². The van der Waals surface area contributed by atoms with Crippen LogP contribution in [0.3, 0.4) is 0 Å². The van der Waals surface area contributed by atoms with Gasteiger partial charge in [0.15, 0.2) is 0 Å². The molecule has 1 aliphatic rings. The Morgan fingerprint density at radius 3 is 2.44 bits per heavy atom. The number of fused-ring (bicyclic) bond motifs is 2. The van der Waals surface area contributed by atoms with Gasteiger partial charge in [-0.05, 0) is 42.3 Å². The van der Waals surface area contributed by atoms with Gasteiger partial charge in [0.2, 0.25) is 10.0 Å². The zero-order chi connectivity index (χ0) is 28.1. The number of carboxylic acids is 1. The van der Waals surface area contributed by atoms with Crippen LogP contribution >= 0.6 is 11.3 Å². The van der Waals surface area contributed by atoms with E-state index in [4.69, 9.17) is 0 Å². The molecule has 2 heterocycles. The first kappa shape index (κ1) is 27.1. The summed E-state index contributed by atoms with van der Waals surface area (Å²) in [5, 5.41) is 10.9. The first-order valence-corrected chi connectivity index (χ1v) is 15.9. The van der Waals surface area contributed by atoms with Crippen molar-refractivity contribution in [1.82, 2.24) is 4.31 Å². The molecule has 0 bridgehead atoms. The SMILES string of the molecule is CCC(C(=O)O)N1Cc2sc(-c3cccc(NS(=O)(=O)c4cccc5c(N(C)C)cccc45)c3)cc2S1(=O)=O. The third-order valence-electron chi connectivity index (χ3n) is 6.71. The summed E-state index contributed by atoms with van der Waals surface area (Å²) in [5.74, 6) is -1.18. The highest BCUT2D eigenvalue weighted by atomic mass is 32.2. The minimum absolute atomic E-state index is 0.00449. The molecular weight excluding hydrogens is 559 g/mol. The molecule has 0 saturated heterocycles. The molecule has 1 atom stereocenters. The van der Waals surface area contributed by atoms with Crippen molar-refractivity contribution in [3.05, 3.63) is 71.6 Å². The maximum atomic E-state index is 13.5. The number of thiophene rings is 1. The van der Waals surface area contributed by atoms with E-state index >= 15 is 0 Å². The van der Waals surface area contributed by atoms with Gasteiger partial charge in [-0.15, -0.1) is 11.3 Å². The molecule has 0 aliphatic carbocycles. The minimum Gasteiger partial charge on any atom is -0.480 e. The molecule has 9 nitrogen and oxygen atoms in total. The smallest absolute Gasteiger partial charge is 0.322 e. The van der Waals surface area contributed by atoms with Crippen LogP contribution in [0.5, 0.6) is 0 Å². The summed E-state index contributed by atoms with van der Waals surface area (Å²) in [6.07, 6.45) is 0.158. The number of rotatable bonds is 8. The molecular formula is C27H27N3O6S3. The number of aliphatic carboxylic acids is 1. The van der Waals surface area contributed by atoms with Gasteiger partial charge in [0.05, 0.1) is 16.3 Å². The van der Waals surface area contributed by atoms with Gasteiger partial charge < -0.3 is 10.0 Å². The third-order valence-corrected chi connectivity index (χ3v) is 11.4. The Hall–Kier alpha value is -3.45. The first-order chi connectivity index (χ1) is 18.4. The van der Waals surface area contributed by atoms with E-state index in [-0.39, 0.29) is 22.8 Å². The second kappa shape index (κ2) is 9.94. The summed E-state index contributed by atoms with van der Waals surface area (Å²) in [6, 6.07) is 17.9. The molecule has 39 heavy (non-hydrogen) atoms. The fraction of sp³-hybridized carbons (Fsp3) is 0.222. The number of carbonyl (C=O) groups is 1. The van der Waals surface area contributed by atoms with E-state index in [2.05, 4.69) is 4.72 Å². The van der Waals surface area contributed by atoms with Gasteiger partial charge in [-0.3, -0.25) is 9.52 Å². The van der Waals surface area contributed by atoms with E-state index < -0.39 is 32.1 Å². The van der Waals surface area contributed by atoms with E-state index in [0.29, 0.717) is 26.4 Å².